The van der Waals surface area contributed by atoms with E-state index in [2.05, 4.69) is 0 Å². The molecule has 2 fully saturated rings. The van der Waals surface area contributed by atoms with Gasteiger partial charge in [0.05, 0.1) is 9.67 Å². The summed E-state index contributed by atoms with van der Waals surface area (Å²) < 4.78 is 78.4. The Bertz CT molecular complexity index is 1710. The van der Waals surface area contributed by atoms with E-state index in [0.717, 1.165) is 26.2 Å². The minimum absolute atomic E-state index is 0.0258. The second kappa shape index (κ2) is 13.8. The Balaban J connectivity index is 0.000000259. The Labute approximate surface area is 268 Å². The molecule has 0 bridgehead atoms. The largest absolute Gasteiger partial charge is 0.460 e. The van der Waals surface area contributed by atoms with Gasteiger partial charge in [-0.25, -0.2) is 9.59 Å². The van der Waals surface area contributed by atoms with Gasteiger partial charge in [-0.1, -0.05) is 0 Å². The average molecular weight is 780 g/mol. The summed E-state index contributed by atoms with van der Waals surface area (Å²) in [6.07, 6.45) is -12.4. The maximum Gasteiger partial charge on any atom is 0.331 e. The molecular formula is C25H29F4IN4O12. The van der Waals surface area contributed by atoms with Crippen molar-refractivity contribution in [1.29, 1.82) is 0 Å². The highest BCUT2D eigenvalue weighted by atomic mass is 127. The molecule has 2 aliphatic rings. The molecule has 2 saturated heterocycles. The number of hydrogen-bond donors (Lipinski definition) is 4. The van der Waals surface area contributed by atoms with E-state index in [9.17, 15) is 56.5 Å². The molecule has 0 aromatic carbocycles. The van der Waals surface area contributed by atoms with Crippen molar-refractivity contribution < 1.29 is 56.3 Å². The van der Waals surface area contributed by atoms with Crippen LogP contribution in [0.1, 0.15) is 45.7 Å². The fourth-order valence-electron chi connectivity index (χ4n) is 4.63. The Kier molecular flexibility index (Phi) is 11.1. The summed E-state index contributed by atoms with van der Waals surface area (Å²) in [6, 6.07) is 0. The van der Waals surface area contributed by atoms with Crippen LogP contribution in [0.5, 0.6) is 0 Å². The van der Waals surface area contributed by atoms with E-state index in [4.69, 9.17) is 18.9 Å². The number of aromatic nitrogens is 4. The Morgan fingerprint density at radius 2 is 1.41 bits per heavy atom. The summed E-state index contributed by atoms with van der Waals surface area (Å²) in [7, 11) is 0. The fraction of sp³-hybridized carbons (Fsp3) is 0.600. The molecule has 0 aliphatic carbocycles. The van der Waals surface area contributed by atoms with Gasteiger partial charge in [0.1, 0.15) is 18.3 Å². The number of aliphatic hydroxyl groups excluding tert-OH is 2. The second-order valence-electron chi connectivity index (χ2n) is 10.4. The molecule has 0 amide bonds. The van der Waals surface area contributed by atoms with Crippen LogP contribution >= 0.6 is 22.6 Å². The molecule has 4 N–H and O–H groups in total. The zero-order chi connectivity index (χ0) is 35.0. The maximum absolute atomic E-state index is 14.9. The van der Waals surface area contributed by atoms with Gasteiger partial charge < -0.3 is 29.2 Å². The van der Waals surface area contributed by atoms with E-state index in [0.29, 0.717) is 9.13 Å². The molecule has 21 heteroatoms. The van der Waals surface area contributed by atoms with Gasteiger partial charge in [-0.05, 0) is 43.4 Å². The summed E-state index contributed by atoms with van der Waals surface area (Å²) in [5, 5.41) is 18.8. The Morgan fingerprint density at radius 1 is 0.913 bits per heavy atom. The third-order valence-corrected chi connectivity index (χ3v) is 7.54. The molecule has 2 aromatic rings. The van der Waals surface area contributed by atoms with Gasteiger partial charge in [0, 0.05) is 31.8 Å². The van der Waals surface area contributed by atoms with E-state index in [1.807, 2.05) is 9.97 Å². The zero-order valence-corrected chi connectivity index (χ0v) is 26.7. The lowest BCUT2D eigenvalue weighted by molar-refractivity contribution is -0.176. The standard InChI is InChI=1S/C14H15F2IN2O7.C11H14F2N2O5/c1-5(24-6(2)20)9-10(25-7(3)21)14(15,16)12(26-9)19-4-8(17)11(22)18-13(19)23;1-4-3-15(10(19)14-8(4)18)9-11(12,13)7(17)6(20-9)5(2)16/h4-5,9-10,12H,1-3H3,(H,18,22,23);3,5-7,9,16-17H,1-2H3,(H,14,18,19)/t5?,9-,10-,12-;5?,6-,7-,9-/m11/s1. The first-order valence-electron chi connectivity index (χ1n) is 13.2. The van der Waals surface area contributed by atoms with Gasteiger partial charge in [-0.2, -0.15) is 17.6 Å². The number of aryl methyl sites for hydroxylation is 1. The van der Waals surface area contributed by atoms with Gasteiger partial charge in [-0.15, -0.1) is 0 Å². The number of ether oxygens (including phenoxy) is 4. The molecule has 0 spiro atoms. The van der Waals surface area contributed by atoms with Gasteiger partial charge in [0.25, 0.3) is 11.1 Å². The number of alkyl halides is 4. The molecule has 8 atom stereocenters. The minimum atomic E-state index is -3.84. The molecular weight excluding hydrogens is 751 g/mol. The van der Waals surface area contributed by atoms with Crippen molar-refractivity contribution >= 4 is 34.5 Å². The molecule has 256 valence electrons. The maximum atomic E-state index is 14.9. The van der Waals surface area contributed by atoms with Gasteiger partial charge in [0.15, 0.2) is 12.2 Å². The number of halogens is 5. The SMILES string of the molecule is CC(=O)OC(C)[C@H]1O[C@@H](n2cc(I)c(=O)[nH]c2=O)C(F)(F)[C@@H]1OC(C)=O.Cc1cn([C@@H]2O[C@H](C(C)O)[C@@H](O)C2(F)F)c(=O)[nH]c1=O. The van der Waals surface area contributed by atoms with Crippen molar-refractivity contribution in [3.63, 3.8) is 0 Å². The van der Waals surface area contributed by atoms with Crippen molar-refractivity contribution in [3.05, 3.63) is 63.2 Å². The van der Waals surface area contributed by atoms with Crippen LogP contribution in [0, 0.1) is 10.5 Å². The van der Waals surface area contributed by atoms with Crippen LogP contribution in [0.2, 0.25) is 0 Å². The average Bonchev–Trinajstić information content (AvgIpc) is 3.31. The van der Waals surface area contributed by atoms with Crippen LogP contribution < -0.4 is 22.5 Å². The van der Waals surface area contributed by atoms with Crippen LogP contribution in [-0.4, -0.2) is 89.7 Å². The molecule has 0 saturated carbocycles. The molecule has 2 unspecified atom stereocenters. The number of aromatic amines is 2. The lowest BCUT2D eigenvalue weighted by Crippen LogP contribution is -2.46. The van der Waals surface area contributed by atoms with Crippen molar-refractivity contribution in [2.75, 3.05) is 0 Å². The highest BCUT2D eigenvalue weighted by Gasteiger charge is 2.64. The first kappa shape index (κ1) is 37.1. The number of carbonyl (C=O) groups is 2. The molecule has 4 rings (SSSR count). The number of nitrogens with one attached hydrogen (secondary N) is 2. The van der Waals surface area contributed by atoms with Crippen molar-refractivity contribution in [3.8, 4) is 0 Å². The van der Waals surface area contributed by atoms with Crippen LogP contribution in [0.4, 0.5) is 17.6 Å². The Hall–Kier alpha value is -3.41. The molecule has 0 radical (unpaired) electrons. The number of H-pyrrole nitrogens is 2. The smallest absolute Gasteiger partial charge is 0.331 e. The molecule has 16 nitrogen and oxygen atoms in total. The zero-order valence-electron chi connectivity index (χ0n) is 24.5. The number of aliphatic hydroxyl groups is 2. The Morgan fingerprint density at radius 3 is 1.91 bits per heavy atom. The van der Waals surface area contributed by atoms with E-state index < -0.39 is 95.4 Å². The number of rotatable bonds is 6. The van der Waals surface area contributed by atoms with Crippen molar-refractivity contribution in [1.82, 2.24) is 19.1 Å². The topological polar surface area (TPSA) is 221 Å². The van der Waals surface area contributed by atoms with E-state index in [1.165, 1.54) is 20.8 Å². The highest BCUT2D eigenvalue weighted by molar-refractivity contribution is 14.1. The monoisotopic (exact) mass is 780 g/mol. The molecule has 46 heavy (non-hydrogen) atoms. The third-order valence-electron chi connectivity index (χ3n) is 6.77. The molecule has 2 aliphatic heterocycles. The van der Waals surface area contributed by atoms with Gasteiger partial charge >= 0.3 is 35.2 Å². The van der Waals surface area contributed by atoms with Gasteiger partial charge in [0.2, 0.25) is 12.5 Å². The number of nitrogens with zero attached hydrogens (tertiary/aromatic N) is 2. The van der Waals surface area contributed by atoms with Gasteiger partial charge in [-0.3, -0.25) is 38.3 Å². The van der Waals surface area contributed by atoms with E-state index in [-0.39, 0.29) is 9.13 Å². The van der Waals surface area contributed by atoms with E-state index in [1.54, 1.807) is 22.6 Å². The number of esters is 2. The molecule has 4 heterocycles. The minimum Gasteiger partial charge on any atom is -0.460 e. The summed E-state index contributed by atoms with van der Waals surface area (Å²) in [5.74, 6) is -9.36. The fourth-order valence-corrected chi connectivity index (χ4v) is 5.07. The summed E-state index contributed by atoms with van der Waals surface area (Å²) in [6.45, 7) is 5.83. The highest BCUT2D eigenvalue weighted by Crippen LogP contribution is 2.45. The first-order valence-corrected chi connectivity index (χ1v) is 14.3. The van der Waals surface area contributed by atoms with Crippen LogP contribution in [0.3, 0.4) is 0 Å². The van der Waals surface area contributed by atoms with Crippen LogP contribution in [-0.2, 0) is 28.5 Å². The van der Waals surface area contributed by atoms with Crippen molar-refractivity contribution in [2.24, 2.45) is 0 Å². The van der Waals surface area contributed by atoms with Crippen molar-refractivity contribution in [2.45, 2.75) is 95.5 Å². The summed E-state index contributed by atoms with van der Waals surface area (Å²) >= 11 is 1.57. The summed E-state index contributed by atoms with van der Waals surface area (Å²) in [5.41, 5.74) is -3.60. The lowest BCUT2D eigenvalue weighted by atomic mass is 10.1. The quantitative estimate of drug-likeness (QED) is 0.168. The number of carbonyl (C=O) groups excluding carboxylic acids is 2. The molecule has 2 aromatic heterocycles. The van der Waals surface area contributed by atoms with Crippen LogP contribution in [0.25, 0.3) is 0 Å². The third kappa shape index (κ3) is 7.42. The summed E-state index contributed by atoms with van der Waals surface area (Å²) in [4.78, 5) is 72.3. The predicted molar refractivity (Wildman–Crippen MR) is 152 cm³/mol. The number of hydrogen-bond acceptors (Lipinski definition) is 12. The first-order chi connectivity index (χ1) is 21.1. The second-order valence-corrected chi connectivity index (χ2v) is 11.6. The van der Waals surface area contributed by atoms with E-state index >= 15 is 0 Å². The lowest BCUT2D eigenvalue weighted by Gasteiger charge is -2.25. The predicted octanol–water partition coefficient (Wildman–Crippen LogP) is -0.323. The van der Waals surface area contributed by atoms with Crippen LogP contribution in [0.15, 0.2) is 31.6 Å². The normalized spacial score (nSPS) is 27.7.